The summed E-state index contributed by atoms with van der Waals surface area (Å²) in [7, 11) is 0. The van der Waals surface area contributed by atoms with E-state index in [4.69, 9.17) is 5.11 Å². The summed E-state index contributed by atoms with van der Waals surface area (Å²) in [4.78, 5) is 26.9. The number of rotatable bonds is 6. The quantitative estimate of drug-likeness (QED) is 0.840. The average molecular weight is 290 g/mol. The molecule has 21 heavy (non-hydrogen) atoms. The van der Waals surface area contributed by atoms with Gasteiger partial charge in [0.15, 0.2) is 0 Å². The molecule has 1 aliphatic rings. The van der Waals surface area contributed by atoms with E-state index in [1.807, 2.05) is 18.2 Å². The van der Waals surface area contributed by atoms with Crippen LogP contribution in [0.15, 0.2) is 24.4 Å². The van der Waals surface area contributed by atoms with Crippen molar-refractivity contribution >= 4 is 11.9 Å². The lowest BCUT2D eigenvalue weighted by atomic mass is 9.82. The number of aromatic nitrogens is 1. The molecule has 0 atom stereocenters. The maximum Gasteiger partial charge on any atom is 0.306 e. The lowest BCUT2D eigenvalue weighted by Crippen LogP contribution is -2.32. The monoisotopic (exact) mass is 290 g/mol. The van der Waals surface area contributed by atoms with Crippen LogP contribution in [0.1, 0.15) is 37.8 Å². The number of pyridine rings is 1. The van der Waals surface area contributed by atoms with Gasteiger partial charge in [-0.15, -0.1) is 0 Å². The van der Waals surface area contributed by atoms with Gasteiger partial charge in [-0.2, -0.15) is 0 Å². The Balaban J connectivity index is 1.62. The Hall–Kier alpha value is -1.91. The molecule has 0 unspecified atom stereocenters. The molecular formula is C16H22N2O3. The molecular weight excluding hydrogens is 268 g/mol. The van der Waals surface area contributed by atoms with Crippen LogP contribution in [0.25, 0.3) is 0 Å². The summed E-state index contributed by atoms with van der Waals surface area (Å²) in [6, 6.07) is 5.69. The molecule has 0 aromatic carbocycles. The largest absolute Gasteiger partial charge is 0.481 e. The van der Waals surface area contributed by atoms with E-state index < -0.39 is 5.97 Å². The molecule has 1 aromatic rings. The van der Waals surface area contributed by atoms with Crippen molar-refractivity contribution in [3.63, 3.8) is 0 Å². The third kappa shape index (κ3) is 5.17. The number of nitrogens with zero attached hydrogens (tertiary/aromatic N) is 1. The number of hydrogen-bond donors (Lipinski definition) is 2. The second-order valence-electron chi connectivity index (χ2n) is 5.68. The second-order valence-corrected chi connectivity index (χ2v) is 5.68. The van der Waals surface area contributed by atoms with Crippen LogP contribution in [0.4, 0.5) is 0 Å². The highest BCUT2D eigenvalue weighted by Crippen LogP contribution is 2.28. The summed E-state index contributed by atoms with van der Waals surface area (Å²) in [6.07, 6.45) is 6.05. The molecule has 2 N–H and O–H groups in total. The first-order valence-corrected chi connectivity index (χ1v) is 7.54. The van der Waals surface area contributed by atoms with Crippen LogP contribution in [0.3, 0.4) is 0 Å². The van der Waals surface area contributed by atoms with Crippen LogP contribution >= 0.6 is 0 Å². The standard InChI is InChI=1S/C16H22N2O3/c19-15(9-8-14-3-1-2-10-17-14)18-11-12-4-6-13(7-5-12)16(20)21/h1-3,10,12-13H,4-9,11H2,(H,18,19)(H,20,21). The molecule has 1 fully saturated rings. The molecule has 1 amide bonds. The molecule has 1 aliphatic carbocycles. The fraction of sp³-hybridized carbons (Fsp3) is 0.562. The summed E-state index contributed by atoms with van der Waals surface area (Å²) in [5, 5.41) is 11.9. The van der Waals surface area contributed by atoms with E-state index in [0.29, 0.717) is 25.3 Å². The highest BCUT2D eigenvalue weighted by Gasteiger charge is 2.25. The van der Waals surface area contributed by atoms with Gasteiger partial charge in [-0.25, -0.2) is 0 Å². The third-order valence-corrected chi connectivity index (χ3v) is 4.12. The molecule has 1 heterocycles. The summed E-state index contributed by atoms with van der Waals surface area (Å²) in [5.41, 5.74) is 0.926. The van der Waals surface area contributed by atoms with Crippen molar-refractivity contribution in [2.75, 3.05) is 6.54 Å². The van der Waals surface area contributed by atoms with E-state index >= 15 is 0 Å². The molecule has 0 radical (unpaired) electrons. The SMILES string of the molecule is O=C(CCc1ccccn1)NCC1CCC(C(=O)O)CC1. The van der Waals surface area contributed by atoms with E-state index in [2.05, 4.69) is 10.3 Å². The fourth-order valence-electron chi connectivity index (χ4n) is 2.75. The van der Waals surface area contributed by atoms with Crippen LogP contribution in [0.5, 0.6) is 0 Å². The molecule has 2 rings (SSSR count). The zero-order valence-electron chi connectivity index (χ0n) is 12.1. The molecule has 5 heteroatoms. The maximum absolute atomic E-state index is 11.8. The summed E-state index contributed by atoms with van der Waals surface area (Å²) >= 11 is 0. The summed E-state index contributed by atoms with van der Waals surface area (Å²) in [5.74, 6) is -0.422. The Morgan fingerprint density at radius 2 is 2.00 bits per heavy atom. The molecule has 5 nitrogen and oxygen atoms in total. The van der Waals surface area contributed by atoms with E-state index in [-0.39, 0.29) is 11.8 Å². The number of carbonyl (C=O) groups is 2. The smallest absolute Gasteiger partial charge is 0.306 e. The van der Waals surface area contributed by atoms with E-state index in [1.165, 1.54) is 0 Å². The van der Waals surface area contributed by atoms with Gasteiger partial charge in [0.1, 0.15) is 0 Å². The van der Waals surface area contributed by atoms with E-state index in [9.17, 15) is 9.59 Å². The first-order chi connectivity index (χ1) is 10.1. The summed E-state index contributed by atoms with van der Waals surface area (Å²) in [6.45, 7) is 0.660. The molecule has 1 aromatic heterocycles. The number of nitrogens with one attached hydrogen (secondary N) is 1. The highest BCUT2D eigenvalue weighted by molar-refractivity contribution is 5.76. The van der Waals surface area contributed by atoms with Crippen LogP contribution in [-0.4, -0.2) is 28.5 Å². The van der Waals surface area contributed by atoms with Crippen molar-refractivity contribution in [1.29, 1.82) is 0 Å². The number of carbonyl (C=O) groups excluding carboxylic acids is 1. The molecule has 0 saturated heterocycles. The van der Waals surface area contributed by atoms with Crippen molar-refractivity contribution in [2.45, 2.75) is 38.5 Å². The Morgan fingerprint density at radius 1 is 1.24 bits per heavy atom. The minimum Gasteiger partial charge on any atom is -0.481 e. The predicted octanol–water partition coefficient (Wildman–Crippen LogP) is 2.02. The summed E-state index contributed by atoms with van der Waals surface area (Å²) < 4.78 is 0. The van der Waals surface area contributed by atoms with Gasteiger partial charge in [-0.05, 0) is 50.2 Å². The number of aryl methyl sites for hydroxylation is 1. The minimum absolute atomic E-state index is 0.0426. The number of amides is 1. The number of carboxylic acid groups (broad SMARTS) is 1. The average Bonchev–Trinajstić information content (AvgIpc) is 2.52. The molecule has 0 bridgehead atoms. The van der Waals surface area contributed by atoms with Crippen LogP contribution in [0.2, 0.25) is 0 Å². The molecule has 0 aliphatic heterocycles. The Labute approximate surface area is 124 Å². The normalized spacial score (nSPS) is 21.7. The van der Waals surface area contributed by atoms with Crippen LogP contribution in [-0.2, 0) is 16.0 Å². The van der Waals surface area contributed by atoms with Gasteiger partial charge in [0.05, 0.1) is 5.92 Å². The van der Waals surface area contributed by atoms with Gasteiger partial charge in [0.25, 0.3) is 0 Å². The Kier molecular flexibility index (Phi) is 5.72. The van der Waals surface area contributed by atoms with Crippen molar-refractivity contribution in [2.24, 2.45) is 11.8 Å². The molecule has 1 saturated carbocycles. The Bertz CT molecular complexity index is 468. The highest BCUT2D eigenvalue weighted by atomic mass is 16.4. The number of hydrogen-bond acceptors (Lipinski definition) is 3. The van der Waals surface area contributed by atoms with E-state index in [1.54, 1.807) is 6.20 Å². The van der Waals surface area contributed by atoms with Crippen molar-refractivity contribution in [1.82, 2.24) is 10.3 Å². The Morgan fingerprint density at radius 3 is 2.62 bits per heavy atom. The third-order valence-electron chi connectivity index (χ3n) is 4.12. The lowest BCUT2D eigenvalue weighted by Gasteiger charge is -2.26. The number of carboxylic acids is 1. The van der Waals surface area contributed by atoms with Crippen LogP contribution < -0.4 is 5.32 Å². The van der Waals surface area contributed by atoms with Crippen LogP contribution in [0, 0.1) is 11.8 Å². The first kappa shape index (κ1) is 15.5. The maximum atomic E-state index is 11.8. The van der Waals surface area contributed by atoms with Crippen molar-refractivity contribution in [3.8, 4) is 0 Å². The first-order valence-electron chi connectivity index (χ1n) is 7.54. The molecule has 0 spiro atoms. The zero-order chi connectivity index (χ0) is 15.1. The van der Waals surface area contributed by atoms with Crippen molar-refractivity contribution < 1.29 is 14.7 Å². The van der Waals surface area contributed by atoms with E-state index in [0.717, 1.165) is 31.4 Å². The fourth-order valence-corrected chi connectivity index (χ4v) is 2.75. The topological polar surface area (TPSA) is 79.3 Å². The predicted molar refractivity (Wildman–Crippen MR) is 78.7 cm³/mol. The van der Waals surface area contributed by atoms with Gasteiger partial charge in [-0.3, -0.25) is 14.6 Å². The number of aliphatic carboxylic acids is 1. The minimum atomic E-state index is -0.687. The van der Waals surface area contributed by atoms with Gasteiger partial charge < -0.3 is 10.4 Å². The van der Waals surface area contributed by atoms with Gasteiger partial charge in [0.2, 0.25) is 5.91 Å². The lowest BCUT2D eigenvalue weighted by molar-refractivity contribution is -0.143. The van der Waals surface area contributed by atoms with Gasteiger partial charge >= 0.3 is 5.97 Å². The van der Waals surface area contributed by atoms with Gasteiger partial charge in [0, 0.05) is 24.9 Å². The second kappa shape index (κ2) is 7.76. The zero-order valence-corrected chi connectivity index (χ0v) is 12.1. The van der Waals surface area contributed by atoms with Crippen molar-refractivity contribution in [3.05, 3.63) is 30.1 Å². The molecule has 114 valence electrons. The van der Waals surface area contributed by atoms with Gasteiger partial charge in [-0.1, -0.05) is 6.07 Å².